The van der Waals surface area contributed by atoms with Crippen LogP contribution in [0.5, 0.6) is 0 Å². The van der Waals surface area contributed by atoms with Gasteiger partial charge in [-0.3, -0.25) is 0 Å². The molecule has 0 radical (unpaired) electrons. The molecule has 0 aromatic carbocycles. The second-order valence-corrected chi connectivity index (χ2v) is 3.81. The third-order valence-corrected chi connectivity index (χ3v) is 3.23. The third-order valence-electron chi connectivity index (χ3n) is 3.23. The topological polar surface area (TPSA) is 161 Å². The maximum atomic E-state index is 10.9. The van der Waals surface area contributed by atoms with E-state index in [1.165, 1.54) is 0 Å². The predicted molar refractivity (Wildman–Crippen MR) is 50.3 cm³/mol. The van der Waals surface area contributed by atoms with Gasteiger partial charge >= 0.3 is 75.5 Å². The van der Waals surface area contributed by atoms with E-state index in [0.717, 1.165) is 0 Å². The number of carboxylic acids is 4. The Morgan fingerprint density at radius 3 is 1.00 bits per heavy atom. The van der Waals surface area contributed by atoms with Crippen LogP contribution >= 0.6 is 0 Å². The summed E-state index contributed by atoms with van der Waals surface area (Å²) in [6, 6.07) is 0. The van der Waals surface area contributed by atoms with Crippen molar-refractivity contribution >= 4 is 99.4 Å². The molecule has 0 aliphatic heterocycles. The minimum absolute atomic E-state index is 0. The molecule has 94 valence electrons. The zero-order valence-corrected chi connectivity index (χ0v) is 14.2. The molecule has 1 rings (SSSR count). The van der Waals surface area contributed by atoms with E-state index in [9.17, 15) is 39.6 Å². The molecule has 0 bridgehead atoms. The molecule has 0 atom stereocenters. The van der Waals surface area contributed by atoms with Gasteiger partial charge in [0.25, 0.3) is 0 Å². The summed E-state index contributed by atoms with van der Waals surface area (Å²) in [5, 5.41) is 43.5. The number of hydrogen-bond donors (Lipinski definition) is 0. The summed E-state index contributed by atoms with van der Waals surface area (Å²) in [6.07, 6.45) is -1.69. The van der Waals surface area contributed by atoms with Crippen molar-refractivity contribution in [1.29, 1.82) is 0 Å². The average Bonchev–Trinajstić information content (AvgIpc) is 2.58. The Morgan fingerprint density at radius 2 is 0.842 bits per heavy atom. The zero-order chi connectivity index (χ0) is 13.4. The van der Waals surface area contributed by atoms with Crippen molar-refractivity contribution in [2.75, 3.05) is 0 Å². The molecular formula is C9H6Ca2O8. The molecule has 0 heterocycles. The minimum atomic E-state index is -3.16. The summed E-state index contributed by atoms with van der Waals surface area (Å²) in [4.78, 5) is 43.5. The molecule has 0 saturated heterocycles. The van der Waals surface area contributed by atoms with Gasteiger partial charge in [-0.1, -0.05) is 6.42 Å². The van der Waals surface area contributed by atoms with Crippen LogP contribution in [0.4, 0.5) is 0 Å². The first-order valence-electron chi connectivity index (χ1n) is 4.59. The number of carbonyl (C=O) groups is 4. The fraction of sp³-hybridized carbons (Fsp3) is 0.556. The summed E-state index contributed by atoms with van der Waals surface area (Å²) in [6.45, 7) is 0. The van der Waals surface area contributed by atoms with Crippen LogP contribution in [0.2, 0.25) is 0 Å². The van der Waals surface area contributed by atoms with Crippen molar-refractivity contribution in [3.8, 4) is 0 Å². The van der Waals surface area contributed by atoms with E-state index in [-0.39, 0.29) is 81.9 Å². The Bertz CT molecular complexity index is 352. The number of aliphatic carboxylic acids is 4. The van der Waals surface area contributed by atoms with Gasteiger partial charge in [0.2, 0.25) is 0 Å². The van der Waals surface area contributed by atoms with Crippen molar-refractivity contribution in [2.24, 2.45) is 10.8 Å². The molecule has 0 spiro atoms. The molecule has 0 N–H and O–H groups in total. The van der Waals surface area contributed by atoms with Crippen LogP contribution in [0.15, 0.2) is 0 Å². The number of carbonyl (C=O) groups excluding carboxylic acids is 4. The van der Waals surface area contributed by atoms with Gasteiger partial charge in [0.05, 0.1) is 34.7 Å². The standard InChI is InChI=1S/C9H10O8.2Ca/c10-4(11)8(5(12)13)2-1-3-9(8,6(14)15)7(16)17;;/h1-3H2,(H,10,11)(H,12,13)(H,14,15)(H,16,17);;/q;2*+2/p-4. The van der Waals surface area contributed by atoms with E-state index in [4.69, 9.17) is 0 Å². The third kappa shape index (κ3) is 2.89. The molecule has 1 fully saturated rings. The maximum absolute atomic E-state index is 10.9. The smallest absolute Gasteiger partial charge is 0.549 e. The summed E-state index contributed by atoms with van der Waals surface area (Å²) >= 11 is 0. The van der Waals surface area contributed by atoms with Crippen LogP contribution in [0.1, 0.15) is 19.3 Å². The second-order valence-electron chi connectivity index (χ2n) is 3.81. The Kier molecular flexibility index (Phi) is 8.47. The van der Waals surface area contributed by atoms with Crippen LogP contribution in [-0.4, -0.2) is 99.4 Å². The quantitative estimate of drug-likeness (QED) is 0.364. The molecule has 0 amide bonds. The largest absolute Gasteiger partial charge is 2.00 e. The van der Waals surface area contributed by atoms with E-state index in [0.29, 0.717) is 0 Å². The number of carboxylic acid groups (broad SMARTS) is 4. The van der Waals surface area contributed by atoms with Crippen LogP contribution in [0.3, 0.4) is 0 Å². The van der Waals surface area contributed by atoms with Crippen molar-refractivity contribution in [1.82, 2.24) is 0 Å². The number of hydrogen-bond acceptors (Lipinski definition) is 8. The van der Waals surface area contributed by atoms with Crippen LogP contribution in [-0.2, 0) is 19.2 Å². The van der Waals surface area contributed by atoms with Gasteiger partial charge in [0.1, 0.15) is 0 Å². The van der Waals surface area contributed by atoms with E-state index < -0.39 is 47.5 Å². The summed E-state index contributed by atoms with van der Waals surface area (Å²) < 4.78 is 0. The first-order chi connectivity index (χ1) is 7.73. The fourth-order valence-corrected chi connectivity index (χ4v) is 2.32. The molecule has 1 saturated carbocycles. The molecule has 0 unspecified atom stereocenters. The molecule has 1 aliphatic carbocycles. The Labute approximate surface area is 167 Å². The van der Waals surface area contributed by atoms with E-state index in [2.05, 4.69) is 0 Å². The van der Waals surface area contributed by atoms with Crippen LogP contribution in [0, 0.1) is 10.8 Å². The van der Waals surface area contributed by atoms with E-state index in [1.807, 2.05) is 0 Å². The van der Waals surface area contributed by atoms with Crippen molar-refractivity contribution in [3.05, 3.63) is 0 Å². The Hall–Kier alpha value is 0.399. The molecule has 0 aromatic heterocycles. The summed E-state index contributed by atoms with van der Waals surface area (Å²) in [7, 11) is 0. The van der Waals surface area contributed by atoms with Crippen molar-refractivity contribution in [3.63, 3.8) is 0 Å². The molecule has 19 heavy (non-hydrogen) atoms. The SMILES string of the molecule is O=C([O-])C1(C(=O)[O-])CCCC1(C(=O)[O-])C(=O)[O-].[Ca+2].[Ca+2]. The van der Waals surface area contributed by atoms with Gasteiger partial charge in [-0.15, -0.1) is 0 Å². The van der Waals surface area contributed by atoms with E-state index in [1.54, 1.807) is 0 Å². The minimum Gasteiger partial charge on any atom is -0.549 e. The van der Waals surface area contributed by atoms with Gasteiger partial charge in [0, 0.05) is 0 Å². The first-order valence-corrected chi connectivity index (χ1v) is 4.59. The van der Waals surface area contributed by atoms with Gasteiger partial charge in [-0.25, -0.2) is 0 Å². The maximum Gasteiger partial charge on any atom is 2.00 e. The van der Waals surface area contributed by atoms with Crippen molar-refractivity contribution in [2.45, 2.75) is 19.3 Å². The second kappa shape index (κ2) is 7.42. The Morgan fingerprint density at radius 1 is 0.632 bits per heavy atom. The van der Waals surface area contributed by atoms with Gasteiger partial charge in [0.15, 0.2) is 0 Å². The fourth-order valence-electron chi connectivity index (χ4n) is 2.32. The normalized spacial score (nSPS) is 18.5. The zero-order valence-electron chi connectivity index (χ0n) is 9.80. The van der Waals surface area contributed by atoms with Gasteiger partial charge < -0.3 is 39.6 Å². The average molecular weight is 322 g/mol. The van der Waals surface area contributed by atoms with Crippen LogP contribution < -0.4 is 20.4 Å². The predicted octanol–water partition coefficient (Wildman–Crippen LogP) is -6.62. The molecule has 1 aliphatic rings. The van der Waals surface area contributed by atoms with Crippen molar-refractivity contribution < 1.29 is 39.6 Å². The molecule has 0 aromatic rings. The summed E-state index contributed by atoms with van der Waals surface area (Å²) in [5.74, 6) is -9.32. The molecule has 8 nitrogen and oxygen atoms in total. The van der Waals surface area contributed by atoms with Gasteiger partial charge in [-0.05, 0) is 12.8 Å². The van der Waals surface area contributed by atoms with Crippen LogP contribution in [0.25, 0.3) is 0 Å². The molecular weight excluding hydrogens is 316 g/mol. The Balaban J connectivity index is 0. The van der Waals surface area contributed by atoms with Gasteiger partial charge in [-0.2, -0.15) is 0 Å². The molecule has 10 heteroatoms. The monoisotopic (exact) mass is 322 g/mol. The summed E-state index contributed by atoms with van der Waals surface area (Å²) in [5.41, 5.74) is -6.32. The number of rotatable bonds is 4. The first kappa shape index (κ1) is 21.7. The van der Waals surface area contributed by atoms with E-state index >= 15 is 0 Å².